The molecule has 0 saturated heterocycles. The van der Waals surface area contributed by atoms with Crippen LogP contribution in [0.2, 0.25) is 0 Å². The second-order valence-electron chi connectivity index (χ2n) is 3.47. The number of thioether (sulfide) groups is 1. The highest BCUT2D eigenvalue weighted by molar-refractivity contribution is 7.99. The molecule has 3 nitrogen and oxygen atoms in total. The Kier molecular flexibility index (Phi) is 3.17. The molecule has 0 radical (unpaired) electrons. The van der Waals surface area contributed by atoms with Crippen LogP contribution in [0.4, 0.5) is 0 Å². The third kappa shape index (κ3) is 3.65. The molecule has 1 rings (SSSR count). The molecule has 0 aliphatic heterocycles. The molecular formula is C9H13NO2S. The summed E-state index contributed by atoms with van der Waals surface area (Å²) in [5.41, 5.74) is -0.743. The van der Waals surface area contributed by atoms with Crippen molar-refractivity contribution in [1.82, 2.24) is 0 Å². The van der Waals surface area contributed by atoms with Crippen LogP contribution in [0.3, 0.4) is 0 Å². The van der Waals surface area contributed by atoms with Gasteiger partial charge in [-0.15, -0.1) is 0 Å². The minimum atomic E-state index is -0.743. The van der Waals surface area contributed by atoms with Gasteiger partial charge in [-0.2, -0.15) is 4.73 Å². The van der Waals surface area contributed by atoms with E-state index in [0.717, 1.165) is 4.73 Å². The van der Waals surface area contributed by atoms with E-state index in [-0.39, 0.29) is 0 Å². The number of rotatable bonds is 3. The SMILES string of the molecule is CC(C)(O)CSc1cccc[n+]1[O-]. The zero-order chi connectivity index (χ0) is 9.90. The molecule has 0 bridgehead atoms. The van der Waals surface area contributed by atoms with Crippen molar-refractivity contribution in [1.29, 1.82) is 0 Å². The lowest BCUT2D eigenvalue weighted by molar-refractivity contribution is -0.645. The largest absolute Gasteiger partial charge is 0.618 e. The summed E-state index contributed by atoms with van der Waals surface area (Å²) in [6.07, 6.45) is 1.45. The van der Waals surface area contributed by atoms with Crippen LogP contribution < -0.4 is 4.73 Å². The van der Waals surface area contributed by atoms with Crippen molar-refractivity contribution in [2.75, 3.05) is 5.75 Å². The van der Waals surface area contributed by atoms with Gasteiger partial charge in [0.2, 0.25) is 0 Å². The normalized spacial score (nSPS) is 11.6. The van der Waals surface area contributed by atoms with Gasteiger partial charge in [0.15, 0.2) is 6.20 Å². The van der Waals surface area contributed by atoms with Crippen molar-refractivity contribution in [2.24, 2.45) is 0 Å². The number of hydrogen-bond acceptors (Lipinski definition) is 3. The van der Waals surface area contributed by atoms with Crippen LogP contribution in [0, 0.1) is 5.21 Å². The molecule has 0 spiro atoms. The molecule has 0 amide bonds. The van der Waals surface area contributed by atoms with E-state index < -0.39 is 5.60 Å². The van der Waals surface area contributed by atoms with Gasteiger partial charge in [-0.3, -0.25) is 0 Å². The molecule has 0 unspecified atom stereocenters. The number of aromatic nitrogens is 1. The predicted molar refractivity (Wildman–Crippen MR) is 52.4 cm³/mol. The van der Waals surface area contributed by atoms with E-state index in [0.29, 0.717) is 10.8 Å². The van der Waals surface area contributed by atoms with Crippen LogP contribution in [0.5, 0.6) is 0 Å². The molecule has 0 aliphatic rings. The number of nitrogens with zero attached hydrogens (tertiary/aromatic N) is 1. The highest BCUT2D eigenvalue weighted by Gasteiger charge is 2.15. The summed E-state index contributed by atoms with van der Waals surface area (Å²) in [6, 6.07) is 5.23. The molecule has 1 heterocycles. The number of aliphatic hydroxyl groups is 1. The van der Waals surface area contributed by atoms with Gasteiger partial charge in [0, 0.05) is 17.9 Å². The van der Waals surface area contributed by atoms with Gasteiger partial charge >= 0.3 is 0 Å². The Morgan fingerprint density at radius 3 is 2.77 bits per heavy atom. The summed E-state index contributed by atoms with van der Waals surface area (Å²) in [4.78, 5) is 0. The Hall–Kier alpha value is -0.740. The van der Waals surface area contributed by atoms with Crippen molar-refractivity contribution in [2.45, 2.75) is 24.5 Å². The molecule has 13 heavy (non-hydrogen) atoms. The Labute approximate surface area is 82.0 Å². The highest BCUT2D eigenvalue weighted by atomic mass is 32.2. The summed E-state index contributed by atoms with van der Waals surface area (Å²) >= 11 is 1.35. The van der Waals surface area contributed by atoms with Crippen LogP contribution in [-0.4, -0.2) is 16.5 Å². The molecular weight excluding hydrogens is 186 g/mol. The van der Waals surface area contributed by atoms with Crippen molar-refractivity contribution in [3.05, 3.63) is 29.6 Å². The van der Waals surface area contributed by atoms with E-state index >= 15 is 0 Å². The summed E-state index contributed by atoms with van der Waals surface area (Å²) < 4.78 is 0.802. The van der Waals surface area contributed by atoms with E-state index in [1.165, 1.54) is 18.0 Å². The molecule has 0 fully saturated rings. The summed E-state index contributed by atoms with van der Waals surface area (Å²) in [5.74, 6) is 0.513. The smallest absolute Gasteiger partial charge is 0.251 e. The van der Waals surface area contributed by atoms with Gasteiger partial charge in [-0.1, -0.05) is 11.8 Å². The van der Waals surface area contributed by atoms with Gasteiger partial charge < -0.3 is 10.3 Å². The van der Waals surface area contributed by atoms with Crippen LogP contribution in [0.25, 0.3) is 0 Å². The van der Waals surface area contributed by atoms with E-state index in [2.05, 4.69) is 0 Å². The molecule has 0 aromatic carbocycles. The second-order valence-corrected chi connectivity index (χ2v) is 4.46. The third-order valence-corrected chi connectivity index (χ3v) is 2.82. The van der Waals surface area contributed by atoms with E-state index in [1.54, 1.807) is 32.0 Å². The fraction of sp³-hybridized carbons (Fsp3) is 0.444. The van der Waals surface area contributed by atoms with Crippen LogP contribution in [0.15, 0.2) is 29.4 Å². The Morgan fingerprint density at radius 1 is 1.54 bits per heavy atom. The predicted octanol–water partition coefficient (Wildman–Crippen LogP) is 1.18. The monoisotopic (exact) mass is 199 g/mol. The van der Waals surface area contributed by atoms with Gasteiger partial charge in [0.25, 0.3) is 5.03 Å². The van der Waals surface area contributed by atoms with Crippen LogP contribution in [0.1, 0.15) is 13.8 Å². The first-order chi connectivity index (χ1) is 5.99. The summed E-state index contributed by atoms with van der Waals surface area (Å²) in [5, 5.41) is 21.2. The maximum absolute atomic E-state index is 11.2. The first-order valence-electron chi connectivity index (χ1n) is 4.02. The molecule has 1 aromatic rings. The minimum absolute atomic E-state index is 0.513. The molecule has 4 heteroatoms. The van der Waals surface area contributed by atoms with E-state index in [1.807, 2.05) is 0 Å². The topological polar surface area (TPSA) is 47.2 Å². The first kappa shape index (κ1) is 10.3. The molecule has 72 valence electrons. The zero-order valence-corrected chi connectivity index (χ0v) is 8.54. The molecule has 1 N–H and O–H groups in total. The van der Waals surface area contributed by atoms with Gasteiger partial charge in [-0.25, -0.2) is 0 Å². The van der Waals surface area contributed by atoms with Crippen LogP contribution in [-0.2, 0) is 0 Å². The average molecular weight is 199 g/mol. The zero-order valence-electron chi connectivity index (χ0n) is 7.73. The highest BCUT2D eigenvalue weighted by Crippen LogP contribution is 2.18. The lowest BCUT2D eigenvalue weighted by Crippen LogP contribution is -2.29. The molecule has 0 saturated carbocycles. The second kappa shape index (κ2) is 3.98. The standard InChI is InChI=1S/C9H13NO2S/c1-9(2,11)7-13-8-5-3-4-6-10(8)12/h3-6,11H,7H2,1-2H3. The molecule has 1 aromatic heterocycles. The minimum Gasteiger partial charge on any atom is -0.618 e. The fourth-order valence-corrected chi connectivity index (χ4v) is 1.64. The van der Waals surface area contributed by atoms with Crippen molar-refractivity contribution in [3.8, 4) is 0 Å². The fourth-order valence-electron chi connectivity index (χ4n) is 0.775. The van der Waals surface area contributed by atoms with Gasteiger partial charge in [-0.05, 0) is 19.9 Å². The molecule has 0 aliphatic carbocycles. The van der Waals surface area contributed by atoms with Crippen molar-refractivity contribution < 1.29 is 9.84 Å². The first-order valence-corrected chi connectivity index (χ1v) is 5.01. The number of hydrogen-bond donors (Lipinski definition) is 1. The van der Waals surface area contributed by atoms with E-state index in [4.69, 9.17) is 0 Å². The van der Waals surface area contributed by atoms with Crippen molar-refractivity contribution >= 4 is 11.8 Å². The Morgan fingerprint density at radius 2 is 2.23 bits per heavy atom. The maximum atomic E-state index is 11.2. The van der Waals surface area contributed by atoms with Gasteiger partial charge in [0.05, 0.1) is 5.60 Å². The lowest BCUT2D eigenvalue weighted by atomic mass is 10.2. The summed E-state index contributed by atoms with van der Waals surface area (Å²) in [7, 11) is 0. The van der Waals surface area contributed by atoms with Crippen LogP contribution >= 0.6 is 11.8 Å². The number of pyridine rings is 1. The van der Waals surface area contributed by atoms with Gasteiger partial charge in [0.1, 0.15) is 0 Å². The van der Waals surface area contributed by atoms with Crippen molar-refractivity contribution in [3.63, 3.8) is 0 Å². The molecule has 0 atom stereocenters. The van der Waals surface area contributed by atoms with E-state index in [9.17, 15) is 10.3 Å². The Balaban J connectivity index is 2.60. The lowest BCUT2D eigenvalue weighted by Gasteiger charge is -2.15. The maximum Gasteiger partial charge on any atom is 0.251 e. The average Bonchev–Trinajstić information content (AvgIpc) is 2.01. The summed E-state index contributed by atoms with van der Waals surface area (Å²) in [6.45, 7) is 3.44. The Bertz CT molecular complexity index is 283. The quantitative estimate of drug-likeness (QED) is 0.452. The third-order valence-electron chi connectivity index (χ3n) is 1.36.